The highest BCUT2D eigenvalue weighted by molar-refractivity contribution is 7.85. The second-order valence-electron chi connectivity index (χ2n) is 10.7. The molecule has 0 spiro atoms. The minimum atomic E-state index is -2.69. The quantitative estimate of drug-likeness (QED) is 0.586. The van der Waals surface area contributed by atoms with Crippen molar-refractivity contribution in [3.63, 3.8) is 0 Å². The van der Waals surface area contributed by atoms with Crippen molar-refractivity contribution in [3.05, 3.63) is 29.7 Å². The molecule has 2 aromatic rings. The van der Waals surface area contributed by atoms with Crippen molar-refractivity contribution in [2.75, 3.05) is 0 Å². The molecule has 0 bridgehead atoms. The molecule has 1 saturated carbocycles. The van der Waals surface area contributed by atoms with Crippen molar-refractivity contribution in [3.8, 4) is 0 Å². The SMILES string of the molecule is CC(C)(C)OC(=O)N[C@H](c1cn2ncc(/C=N/S(=O)C(C)(C)C)cc2n1)C1CCC(F)(F)CC1. The fourth-order valence-electron chi connectivity index (χ4n) is 3.66. The van der Waals surface area contributed by atoms with Crippen molar-refractivity contribution in [2.45, 2.75) is 89.5 Å². The van der Waals surface area contributed by atoms with E-state index in [-0.39, 0.29) is 31.6 Å². The predicted octanol–water partition coefficient (Wildman–Crippen LogP) is 5.00. The van der Waals surface area contributed by atoms with Crippen LogP contribution < -0.4 is 5.32 Å². The first-order valence-corrected chi connectivity index (χ1v) is 12.4. The van der Waals surface area contributed by atoms with Gasteiger partial charge in [0.1, 0.15) is 16.6 Å². The fourth-order valence-corrected chi connectivity index (χ4v) is 4.19. The summed E-state index contributed by atoms with van der Waals surface area (Å²) in [6.07, 6.45) is 4.15. The number of carbonyl (C=O) groups is 1. The maximum atomic E-state index is 13.8. The van der Waals surface area contributed by atoms with E-state index < -0.39 is 39.4 Å². The Morgan fingerprint density at radius 1 is 1.29 bits per heavy atom. The summed E-state index contributed by atoms with van der Waals surface area (Å²) in [6, 6.07) is 1.14. The highest BCUT2D eigenvalue weighted by Gasteiger charge is 2.39. The van der Waals surface area contributed by atoms with Crippen LogP contribution in [-0.2, 0) is 15.7 Å². The summed E-state index contributed by atoms with van der Waals surface area (Å²) in [5.74, 6) is -2.90. The van der Waals surface area contributed by atoms with E-state index >= 15 is 0 Å². The van der Waals surface area contributed by atoms with Gasteiger partial charge in [-0.1, -0.05) is 0 Å². The molecule has 11 heteroatoms. The standard InChI is InChI=1S/C23H33F2N5O3S/c1-21(2,3)33-20(31)29-19(16-7-9-23(24,25)10-8-16)17-14-30-18(28-17)11-15(12-26-30)13-27-34(32)22(4,5)6/h11-14,16,19H,7-10H2,1-6H3,(H,29,31)/b27-13+/t19-,34?/m0/s1. The highest BCUT2D eigenvalue weighted by Crippen LogP contribution is 2.41. The van der Waals surface area contributed by atoms with Crippen molar-refractivity contribution in [1.82, 2.24) is 19.9 Å². The second kappa shape index (κ2) is 9.67. The maximum absolute atomic E-state index is 13.8. The highest BCUT2D eigenvalue weighted by atomic mass is 32.2. The monoisotopic (exact) mass is 497 g/mol. The van der Waals surface area contributed by atoms with Gasteiger partial charge in [0.05, 0.1) is 28.9 Å². The van der Waals surface area contributed by atoms with Crippen LogP contribution in [-0.4, -0.2) is 47.4 Å². The molecule has 0 aliphatic heterocycles. The third-order valence-electron chi connectivity index (χ3n) is 5.41. The van der Waals surface area contributed by atoms with E-state index in [1.54, 1.807) is 43.7 Å². The Labute approximate surface area is 201 Å². The number of amides is 1. The van der Waals surface area contributed by atoms with Gasteiger partial charge in [0.25, 0.3) is 0 Å². The zero-order valence-corrected chi connectivity index (χ0v) is 21.3. The summed E-state index contributed by atoms with van der Waals surface area (Å²) in [6.45, 7) is 10.8. The number of nitrogens with zero attached hydrogens (tertiary/aromatic N) is 4. The van der Waals surface area contributed by atoms with E-state index in [9.17, 15) is 17.8 Å². The van der Waals surface area contributed by atoms with Crippen LogP contribution in [0.1, 0.15) is 84.5 Å². The second-order valence-corrected chi connectivity index (χ2v) is 12.6. The lowest BCUT2D eigenvalue weighted by molar-refractivity contribution is -0.0500. The number of halogens is 2. The third kappa shape index (κ3) is 7.04. The fraction of sp³-hybridized carbons (Fsp3) is 0.652. The lowest BCUT2D eigenvalue weighted by Gasteiger charge is -2.33. The number of hydrogen-bond donors (Lipinski definition) is 1. The Balaban J connectivity index is 1.88. The summed E-state index contributed by atoms with van der Waals surface area (Å²) in [4.78, 5) is 17.1. The Hall–Kier alpha value is -2.43. The molecule has 1 aliphatic rings. The van der Waals surface area contributed by atoms with Gasteiger partial charge in [0, 0.05) is 24.6 Å². The van der Waals surface area contributed by atoms with Gasteiger partial charge in [-0.25, -0.2) is 27.3 Å². The van der Waals surface area contributed by atoms with Crippen LogP contribution in [0.5, 0.6) is 0 Å². The first-order valence-electron chi connectivity index (χ1n) is 11.3. The van der Waals surface area contributed by atoms with Crippen LogP contribution in [0.2, 0.25) is 0 Å². The summed E-state index contributed by atoms with van der Waals surface area (Å²) < 4.78 is 50.3. The Morgan fingerprint density at radius 2 is 1.94 bits per heavy atom. The number of nitrogens with one attached hydrogen (secondary N) is 1. The molecule has 1 fully saturated rings. The Bertz CT molecular complexity index is 1080. The van der Waals surface area contributed by atoms with Gasteiger partial charge in [-0.3, -0.25) is 0 Å². The molecule has 0 radical (unpaired) electrons. The summed E-state index contributed by atoms with van der Waals surface area (Å²) in [5, 5.41) is 7.17. The van der Waals surface area contributed by atoms with Gasteiger partial charge in [0.2, 0.25) is 5.92 Å². The lowest BCUT2D eigenvalue weighted by atomic mass is 9.81. The van der Waals surface area contributed by atoms with E-state index in [0.29, 0.717) is 16.9 Å². The molecule has 1 aliphatic carbocycles. The average molecular weight is 498 g/mol. The molecule has 2 heterocycles. The first kappa shape index (κ1) is 26.2. The van der Waals surface area contributed by atoms with Gasteiger partial charge >= 0.3 is 6.09 Å². The molecule has 1 N–H and O–H groups in total. The summed E-state index contributed by atoms with van der Waals surface area (Å²) in [7, 11) is -1.41. The van der Waals surface area contributed by atoms with Crippen LogP contribution in [0.3, 0.4) is 0 Å². The van der Waals surface area contributed by atoms with Crippen LogP contribution in [0, 0.1) is 5.92 Å². The van der Waals surface area contributed by atoms with Crippen molar-refractivity contribution in [1.29, 1.82) is 0 Å². The van der Waals surface area contributed by atoms with Crippen LogP contribution in [0.25, 0.3) is 5.65 Å². The molecular formula is C23H33F2N5O3S. The van der Waals surface area contributed by atoms with Crippen LogP contribution in [0.4, 0.5) is 13.6 Å². The third-order valence-corrected chi connectivity index (χ3v) is 6.75. The zero-order valence-electron chi connectivity index (χ0n) is 20.5. The van der Waals surface area contributed by atoms with Gasteiger partial charge in [-0.2, -0.15) is 9.50 Å². The predicted molar refractivity (Wildman–Crippen MR) is 127 cm³/mol. The lowest BCUT2D eigenvalue weighted by Crippen LogP contribution is -2.40. The molecule has 34 heavy (non-hydrogen) atoms. The number of aromatic nitrogens is 3. The molecule has 8 nitrogen and oxygen atoms in total. The zero-order chi connectivity index (χ0) is 25.3. The van der Waals surface area contributed by atoms with Gasteiger partial charge in [-0.15, -0.1) is 0 Å². The van der Waals surface area contributed by atoms with E-state index in [0.717, 1.165) is 0 Å². The van der Waals surface area contributed by atoms with E-state index in [2.05, 4.69) is 19.8 Å². The van der Waals surface area contributed by atoms with Gasteiger partial charge < -0.3 is 10.1 Å². The number of alkyl halides is 2. The number of imidazole rings is 1. The number of hydrogen-bond acceptors (Lipinski definition) is 5. The molecule has 2 aromatic heterocycles. The van der Waals surface area contributed by atoms with Crippen LogP contribution >= 0.6 is 0 Å². The molecule has 3 rings (SSSR count). The smallest absolute Gasteiger partial charge is 0.408 e. The number of fused-ring (bicyclic) bond motifs is 1. The maximum Gasteiger partial charge on any atom is 0.408 e. The summed E-state index contributed by atoms with van der Waals surface area (Å²) >= 11 is 0. The topological polar surface area (TPSA) is 98.0 Å². The average Bonchev–Trinajstić information content (AvgIpc) is 3.11. The number of carbonyl (C=O) groups excluding carboxylic acids is 1. The normalized spacial score (nSPS) is 19.3. The Kier molecular flexibility index (Phi) is 7.45. The number of alkyl carbamates (subject to hydrolysis) is 1. The van der Waals surface area contributed by atoms with Crippen LogP contribution in [0.15, 0.2) is 22.9 Å². The largest absolute Gasteiger partial charge is 0.444 e. The summed E-state index contributed by atoms with van der Waals surface area (Å²) in [5.41, 5.74) is 0.936. The Morgan fingerprint density at radius 3 is 2.53 bits per heavy atom. The minimum absolute atomic E-state index is 0.215. The first-order chi connectivity index (χ1) is 15.6. The van der Waals surface area contributed by atoms with E-state index in [1.807, 2.05) is 20.8 Å². The number of ether oxygens (including phenoxy) is 1. The molecule has 0 saturated heterocycles. The molecule has 188 valence electrons. The van der Waals surface area contributed by atoms with Crippen molar-refractivity contribution >= 4 is 28.9 Å². The van der Waals surface area contributed by atoms with E-state index in [1.165, 1.54) is 6.21 Å². The molecule has 2 atom stereocenters. The van der Waals surface area contributed by atoms with Gasteiger partial charge in [-0.05, 0) is 66.4 Å². The minimum Gasteiger partial charge on any atom is -0.444 e. The molecule has 0 aromatic carbocycles. The molecule has 1 amide bonds. The number of rotatable bonds is 5. The van der Waals surface area contributed by atoms with Gasteiger partial charge in [0.15, 0.2) is 5.65 Å². The van der Waals surface area contributed by atoms with Crippen molar-refractivity contribution < 1.29 is 22.5 Å². The molecule has 1 unspecified atom stereocenters. The molecular weight excluding hydrogens is 464 g/mol. The van der Waals surface area contributed by atoms with E-state index in [4.69, 9.17) is 4.74 Å². The van der Waals surface area contributed by atoms with Crippen molar-refractivity contribution in [2.24, 2.45) is 10.3 Å².